The molecule has 0 radical (unpaired) electrons. The van der Waals surface area contributed by atoms with E-state index < -0.39 is 0 Å². The Bertz CT molecular complexity index is 195. The quantitative estimate of drug-likeness (QED) is 0.489. The number of nitrogens with one attached hydrogen (secondary N) is 1. The summed E-state index contributed by atoms with van der Waals surface area (Å²) in [5, 5.41) is 2.83. The van der Waals surface area contributed by atoms with E-state index in [0.29, 0.717) is 12.5 Å². The Kier molecular flexibility index (Phi) is 8.52. The predicted octanol–water partition coefficient (Wildman–Crippen LogP) is 1.40. The largest absolute Gasteiger partial charge is 0.354 e. The summed E-state index contributed by atoms with van der Waals surface area (Å²) in [7, 11) is 0. The zero-order valence-electron chi connectivity index (χ0n) is 9.66. The average molecular weight is 230 g/mol. The molecule has 88 valence electrons. The fourth-order valence-electron chi connectivity index (χ4n) is 1.16. The first-order valence-corrected chi connectivity index (χ1v) is 6.45. The normalized spacial score (nSPS) is 12.5. The van der Waals surface area contributed by atoms with Gasteiger partial charge in [0.2, 0.25) is 5.91 Å². The molecule has 0 rings (SSSR count). The van der Waals surface area contributed by atoms with Crippen LogP contribution in [0.2, 0.25) is 0 Å². The summed E-state index contributed by atoms with van der Waals surface area (Å²) in [6.45, 7) is 8.43. The second-order valence-electron chi connectivity index (χ2n) is 3.89. The summed E-state index contributed by atoms with van der Waals surface area (Å²) in [6, 6.07) is -0.366. The van der Waals surface area contributed by atoms with Crippen molar-refractivity contribution in [3.8, 4) is 0 Å². The van der Waals surface area contributed by atoms with Crippen LogP contribution in [0.4, 0.5) is 0 Å². The van der Waals surface area contributed by atoms with Crippen molar-refractivity contribution in [1.82, 2.24) is 5.32 Å². The van der Waals surface area contributed by atoms with Crippen LogP contribution < -0.4 is 11.1 Å². The van der Waals surface area contributed by atoms with Gasteiger partial charge in [-0.1, -0.05) is 19.9 Å². The van der Waals surface area contributed by atoms with Crippen molar-refractivity contribution in [1.29, 1.82) is 0 Å². The van der Waals surface area contributed by atoms with Crippen LogP contribution in [0.3, 0.4) is 0 Å². The molecular weight excluding hydrogens is 208 g/mol. The summed E-state index contributed by atoms with van der Waals surface area (Å²) in [5.41, 5.74) is 5.72. The molecule has 0 aliphatic heterocycles. The van der Waals surface area contributed by atoms with Gasteiger partial charge in [-0.25, -0.2) is 0 Å². The second kappa shape index (κ2) is 8.80. The summed E-state index contributed by atoms with van der Waals surface area (Å²) in [4.78, 5) is 11.4. The van der Waals surface area contributed by atoms with Gasteiger partial charge in [-0.15, -0.1) is 6.58 Å². The van der Waals surface area contributed by atoms with E-state index in [-0.39, 0.29) is 11.9 Å². The number of rotatable bonds is 8. The molecule has 0 aromatic heterocycles. The van der Waals surface area contributed by atoms with Crippen LogP contribution in [0.25, 0.3) is 0 Å². The molecule has 1 unspecified atom stereocenters. The predicted molar refractivity (Wildman–Crippen MR) is 68.0 cm³/mol. The fraction of sp³-hybridized carbons (Fsp3) is 0.727. The van der Waals surface area contributed by atoms with Gasteiger partial charge in [0.25, 0.3) is 0 Å². The van der Waals surface area contributed by atoms with Gasteiger partial charge >= 0.3 is 0 Å². The van der Waals surface area contributed by atoms with Crippen LogP contribution in [0.5, 0.6) is 0 Å². The van der Waals surface area contributed by atoms with Crippen LogP contribution in [0.15, 0.2) is 12.7 Å². The van der Waals surface area contributed by atoms with E-state index in [1.54, 1.807) is 11.8 Å². The number of nitrogens with two attached hydrogens (primary N) is 1. The molecule has 0 fully saturated rings. The van der Waals surface area contributed by atoms with Crippen molar-refractivity contribution >= 4 is 17.7 Å². The van der Waals surface area contributed by atoms with Crippen molar-refractivity contribution in [2.24, 2.45) is 11.7 Å². The molecular formula is C11H22N2OS. The number of carbonyl (C=O) groups excluding carboxylic acids is 1. The van der Waals surface area contributed by atoms with Gasteiger partial charge in [0.1, 0.15) is 0 Å². The first kappa shape index (κ1) is 14.5. The number of hydrogen-bond donors (Lipinski definition) is 2. The summed E-state index contributed by atoms with van der Waals surface area (Å²) in [6.07, 6.45) is 2.60. The zero-order valence-corrected chi connectivity index (χ0v) is 10.5. The topological polar surface area (TPSA) is 55.1 Å². The van der Waals surface area contributed by atoms with Gasteiger partial charge in [-0.05, 0) is 12.3 Å². The highest BCUT2D eigenvalue weighted by Crippen LogP contribution is 2.02. The number of hydrogen-bond acceptors (Lipinski definition) is 3. The van der Waals surface area contributed by atoms with Gasteiger partial charge in [0.05, 0.1) is 6.04 Å². The van der Waals surface area contributed by atoms with Crippen molar-refractivity contribution in [2.45, 2.75) is 26.3 Å². The van der Waals surface area contributed by atoms with E-state index in [4.69, 9.17) is 5.73 Å². The van der Waals surface area contributed by atoms with E-state index in [0.717, 1.165) is 17.9 Å². The van der Waals surface area contributed by atoms with E-state index >= 15 is 0 Å². The minimum Gasteiger partial charge on any atom is -0.354 e. The lowest BCUT2D eigenvalue weighted by atomic mass is 10.0. The Morgan fingerprint density at radius 1 is 1.60 bits per heavy atom. The summed E-state index contributed by atoms with van der Waals surface area (Å²) < 4.78 is 0. The van der Waals surface area contributed by atoms with Gasteiger partial charge < -0.3 is 11.1 Å². The third-order valence-corrected chi connectivity index (χ3v) is 2.81. The Balaban J connectivity index is 3.51. The van der Waals surface area contributed by atoms with Crippen LogP contribution in [0.1, 0.15) is 20.3 Å². The SMILES string of the molecule is C=CCSCCNC(=O)C(N)CC(C)C. The van der Waals surface area contributed by atoms with Gasteiger partial charge in [-0.2, -0.15) is 11.8 Å². The molecule has 0 aliphatic carbocycles. The molecule has 0 aromatic carbocycles. The average Bonchev–Trinajstić information content (AvgIpc) is 2.16. The monoisotopic (exact) mass is 230 g/mol. The molecule has 1 amide bonds. The summed E-state index contributed by atoms with van der Waals surface area (Å²) >= 11 is 1.75. The number of amides is 1. The first-order valence-electron chi connectivity index (χ1n) is 5.29. The zero-order chi connectivity index (χ0) is 11.7. The first-order chi connectivity index (χ1) is 7.07. The summed E-state index contributed by atoms with van der Waals surface area (Å²) in [5.74, 6) is 2.25. The maximum absolute atomic E-state index is 11.4. The molecule has 3 nitrogen and oxygen atoms in total. The fourth-order valence-corrected chi connectivity index (χ4v) is 1.74. The van der Waals surface area contributed by atoms with Crippen LogP contribution in [-0.4, -0.2) is 30.0 Å². The molecule has 0 saturated carbocycles. The molecule has 0 spiro atoms. The van der Waals surface area contributed by atoms with Gasteiger partial charge in [0.15, 0.2) is 0 Å². The molecule has 1 atom stereocenters. The molecule has 0 heterocycles. The highest BCUT2D eigenvalue weighted by atomic mass is 32.2. The Morgan fingerprint density at radius 3 is 2.80 bits per heavy atom. The highest BCUT2D eigenvalue weighted by molar-refractivity contribution is 7.99. The van der Waals surface area contributed by atoms with Gasteiger partial charge in [0, 0.05) is 18.1 Å². The van der Waals surface area contributed by atoms with Crippen molar-refractivity contribution in [3.63, 3.8) is 0 Å². The van der Waals surface area contributed by atoms with Crippen LogP contribution in [-0.2, 0) is 4.79 Å². The standard InChI is InChI=1S/C11H22N2OS/c1-4-6-15-7-5-13-11(14)10(12)8-9(2)3/h4,9-10H,1,5-8,12H2,2-3H3,(H,13,14). The Hall–Kier alpha value is -0.480. The Labute approximate surface area is 96.9 Å². The van der Waals surface area contributed by atoms with Crippen LogP contribution >= 0.6 is 11.8 Å². The molecule has 0 bridgehead atoms. The van der Waals surface area contributed by atoms with E-state index in [1.165, 1.54) is 0 Å². The third kappa shape index (κ3) is 8.51. The molecule has 3 N–H and O–H groups in total. The van der Waals surface area contributed by atoms with E-state index in [2.05, 4.69) is 25.7 Å². The van der Waals surface area contributed by atoms with E-state index in [1.807, 2.05) is 6.08 Å². The second-order valence-corrected chi connectivity index (χ2v) is 5.04. The molecule has 4 heteroatoms. The van der Waals surface area contributed by atoms with Crippen molar-refractivity contribution in [2.75, 3.05) is 18.1 Å². The maximum Gasteiger partial charge on any atom is 0.236 e. The minimum atomic E-state index is -0.366. The highest BCUT2D eigenvalue weighted by Gasteiger charge is 2.13. The van der Waals surface area contributed by atoms with Crippen molar-refractivity contribution < 1.29 is 4.79 Å². The Morgan fingerprint density at radius 2 is 2.27 bits per heavy atom. The lowest BCUT2D eigenvalue weighted by Gasteiger charge is -2.13. The van der Waals surface area contributed by atoms with Crippen LogP contribution in [0, 0.1) is 5.92 Å². The lowest BCUT2D eigenvalue weighted by Crippen LogP contribution is -2.42. The minimum absolute atomic E-state index is 0.0390. The molecule has 15 heavy (non-hydrogen) atoms. The molecule has 0 aliphatic rings. The third-order valence-electron chi connectivity index (χ3n) is 1.84. The number of thioether (sulfide) groups is 1. The molecule has 0 saturated heterocycles. The van der Waals surface area contributed by atoms with Gasteiger partial charge in [-0.3, -0.25) is 4.79 Å². The smallest absolute Gasteiger partial charge is 0.236 e. The lowest BCUT2D eigenvalue weighted by molar-refractivity contribution is -0.122. The maximum atomic E-state index is 11.4. The van der Waals surface area contributed by atoms with E-state index in [9.17, 15) is 4.79 Å². The number of carbonyl (C=O) groups is 1. The molecule has 0 aromatic rings. The van der Waals surface area contributed by atoms with Crippen molar-refractivity contribution in [3.05, 3.63) is 12.7 Å².